The molecule has 0 saturated carbocycles. The van der Waals surface area contributed by atoms with Gasteiger partial charge in [-0.05, 0) is 39.3 Å². The Morgan fingerprint density at radius 3 is 2.65 bits per heavy atom. The standard InChI is InChI=1S/C15H20N2/c1-5-15(3,4)17-14-10-11(2)16-13-9-7-6-8-12(13)14/h6-10H,5H2,1-4H3,(H,16,17). The second-order valence-electron chi connectivity index (χ2n) is 5.19. The van der Waals surface area contributed by atoms with E-state index in [1.54, 1.807) is 0 Å². The monoisotopic (exact) mass is 228 g/mol. The fourth-order valence-electron chi connectivity index (χ4n) is 1.86. The number of aromatic nitrogens is 1. The molecule has 0 aliphatic heterocycles. The van der Waals surface area contributed by atoms with Crippen LogP contribution in [0.2, 0.25) is 0 Å². The Morgan fingerprint density at radius 1 is 1.24 bits per heavy atom. The summed E-state index contributed by atoms with van der Waals surface area (Å²) in [4.78, 5) is 4.55. The molecular formula is C15H20N2. The molecule has 0 unspecified atom stereocenters. The molecule has 90 valence electrons. The number of para-hydroxylation sites is 1. The van der Waals surface area contributed by atoms with Crippen LogP contribution in [0.25, 0.3) is 10.9 Å². The van der Waals surface area contributed by atoms with Crippen LogP contribution in [0.15, 0.2) is 30.3 Å². The lowest BCUT2D eigenvalue weighted by Crippen LogP contribution is -2.29. The highest BCUT2D eigenvalue weighted by Gasteiger charge is 2.15. The number of nitrogens with zero attached hydrogens (tertiary/aromatic N) is 1. The Hall–Kier alpha value is -1.57. The lowest BCUT2D eigenvalue weighted by Gasteiger charge is -2.27. The van der Waals surface area contributed by atoms with Crippen molar-refractivity contribution in [2.75, 3.05) is 5.32 Å². The fraction of sp³-hybridized carbons (Fsp3) is 0.400. The highest BCUT2D eigenvalue weighted by atomic mass is 15.0. The summed E-state index contributed by atoms with van der Waals surface area (Å²) in [6, 6.07) is 10.4. The lowest BCUT2D eigenvalue weighted by atomic mass is 10.0. The van der Waals surface area contributed by atoms with Crippen LogP contribution < -0.4 is 5.32 Å². The van der Waals surface area contributed by atoms with Crippen molar-refractivity contribution in [1.82, 2.24) is 4.98 Å². The number of hydrogen-bond acceptors (Lipinski definition) is 2. The van der Waals surface area contributed by atoms with Crippen molar-refractivity contribution < 1.29 is 0 Å². The van der Waals surface area contributed by atoms with E-state index in [-0.39, 0.29) is 5.54 Å². The van der Waals surface area contributed by atoms with Gasteiger partial charge in [-0.25, -0.2) is 0 Å². The molecule has 1 aromatic heterocycles. The summed E-state index contributed by atoms with van der Waals surface area (Å²) in [6.07, 6.45) is 1.09. The van der Waals surface area contributed by atoms with Gasteiger partial charge in [-0.2, -0.15) is 0 Å². The van der Waals surface area contributed by atoms with Gasteiger partial charge in [-0.15, -0.1) is 0 Å². The minimum Gasteiger partial charge on any atom is -0.380 e. The van der Waals surface area contributed by atoms with Gasteiger partial charge in [0.1, 0.15) is 0 Å². The topological polar surface area (TPSA) is 24.9 Å². The van der Waals surface area contributed by atoms with Crippen LogP contribution in [0.1, 0.15) is 32.9 Å². The molecule has 1 aromatic carbocycles. The van der Waals surface area contributed by atoms with E-state index in [1.165, 1.54) is 11.1 Å². The zero-order valence-electron chi connectivity index (χ0n) is 11.0. The smallest absolute Gasteiger partial charge is 0.0725 e. The molecule has 0 spiro atoms. The quantitative estimate of drug-likeness (QED) is 0.853. The Morgan fingerprint density at radius 2 is 1.94 bits per heavy atom. The fourth-order valence-corrected chi connectivity index (χ4v) is 1.86. The summed E-state index contributed by atoms with van der Waals surface area (Å²) in [5.41, 5.74) is 3.40. The van der Waals surface area contributed by atoms with E-state index in [2.05, 4.69) is 55.3 Å². The second-order valence-corrected chi connectivity index (χ2v) is 5.19. The number of fused-ring (bicyclic) bond motifs is 1. The Kier molecular flexibility index (Phi) is 3.05. The van der Waals surface area contributed by atoms with Crippen LogP contribution >= 0.6 is 0 Å². The third-order valence-corrected chi connectivity index (χ3v) is 3.20. The number of hydrogen-bond donors (Lipinski definition) is 1. The van der Waals surface area contributed by atoms with Gasteiger partial charge in [0.05, 0.1) is 5.52 Å². The molecule has 2 heteroatoms. The van der Waals surface area contributed by atoms with Crippen LogP contribution in [-0.2, 0) is 0 Å². The van der Waals surface area contributed by atoms with E-state index in [1.807, 2.05) is 13.0 Å². The van der Waals surface area contributed by atoms with Gasteiger partial charge in [0.15, 0.2) is 0 Å². The molecule has 0 atom stereocenters. The van der Waals surface area contributed by atoms with Crippen LogP contribution in [0.3, 0.4) is 0 Å². The summed E-state index contributed by atoms with van der Waals surface area (Å²) >= 11 is 0. The summed E-state index contributed by atoms with van der Waals surface area (Å²) < 4.78 is 0. The Labute approximate surface area is 103 Å². The van der Waals surface area contributed by atoms with Crippen molar-refractivity contribution in [3.05, 3.63) is 36.0 Å². The first kappa shape index (κ1) is 11.9. The molecule has 1 heterocycles. The zero-order valence-corrected chi connectivity index (χ0v) is 11.0. The van der Waals surface area contributed by atoms with Crippen molar-refractivity contribution in [3.8, 4) is 0 Å². The normalized spacial score (nSPS) is 11.8. The zero-order chi connectivity index (χ0) is 12.5. The number of nitrogens with one attached hydrogen (secondary N) is 1. The third-order valence-electron chi connectivity index (χ3n) is 3.20. The SMILES string of the molecule is CCC(C)(C)Nc1cc(C)nc2ccccc12. The van der Waals surface area contributed by atoms with Gasteiger partial charge in [0, 0.05) is 22.3 Å². The number of benzene rings is 1. The average Bonchev–Trinajstić information content (AvgIpc) is 2.28. The Balaban J connectivity index is 2.53. The average molecular weight is 228 g/mol. The van der Waals surface area contributed by atoms with E-state index in [4.69, 9.17) is 0 Å². The minimum absolute atomic E-state index is 0.108. The van der Waals surface area contributed by atoms with Gasteiger partial charge < -0.3 is 5.32 Å². The molecule has 0 fully saturated rings. The predicted molar refractivity (Wildman–Crippen MR) is 74.5 cm³/mol. The van der Waals surface area contributed by atoms with Crippen molar-refractivity contribution in [2.24, 2.45) is 0 Å². The number of aryl methyl sites for hydroxylation is 1. The predicted octanol–water partition coefficient (Wildman–Crippen LogP) is 4.14. The molecule has 2 nitrogen and oxygen atoms in total. The summed E-state index contributed by atoms with van der Waals surface area (Å²) in [5.74, 6) is 0. The molecule has 2 aromatic rings. The maximum atomic E-state index is 4.55. The molecule has 0 radical (unpaired) electrons. The van der Waals surface area contributed by atoms with Gasteiger partial charge >= 0.3 is 0 Å². The van der Waals surface area contributed by atoms with E-state index in [0.29, 0.717) is 0 Å². The van der Waals surface area contributed by atoms with Crippen molar-refractivity contribution in [3.63, 3.8) is 0 Å². The van der Waals surface area contributed by atoms with Crippen molar-refractivity contribution in [2.45, 2.75) is 39.7 Å². The van der Waals surface area contributed by atoms with Gasteiger partial charge in [0.2, 0.25) is 0 Å². The Bertz CT molecular complexity index is 529. The molecular weight excluding hydrogens is 208 g/mol. The largest absolute Gasteiger partial charge is 0.380 e. The molecule has 0 aliphatic carbocycles. The molecule has 0 amide bonds. The van der Waals surface area contributed by atoms with Gasteiger partial charge in [-0.3, -0.25) is 4.98 Å². The highest BCUT2D eigenvalue weighted by molar-refractivity contribution is 5.91. The maximum Gasteiger partial charge on any atom is 0.0725 e. The first-order valence-electron chi connectivity index (χ1n) is 6.16. The number of rotatable bonds is 3. The first-order valence-corrected chi connectivity index (χ1v) is 6.16. The van der Waals surface area contributed by atoms with Crippen molar-refractivity contribution in [1.29, 1.82) is 0 Å². The molecule has 0 saturated heterocycles. The summed E-state index contributed by atoms with van der Waals surface area (Å²) in [5, 5.41) is 4.81. The van der Waals surface area contributed by atoms with Crippen LogP contribution in [-0.4, -0.2) is 10.5 Å². The summed E-state index contributed by atoms with van der Waals surface area (Å²) in [6.45, 7) is 8.68. The van der Waals surface area contributed by atoms with Gasteiger partial charge in [-0.1, -0.05) is 25.1 Å². The number of pyridine rings is 1. The van der Waals surface area contributed by atoms with Crippen LogP contribution in [0.4, 0.5) is 5.69 Å². The van der Waals surface area contributed by atoms with Crippen LogP contribution in [0.5, 0.6) is 0 Å². The second kappa shape index (κ2) is 4.36. The maximum absolute atomic E-state index is 4.55. The lowest BCUT2D eigenvalue weighted by molar-refractivity contribution is 0.548. The summed E-state index contributed by atoms with van der Waals surface area (Å²) in [7, 11) is 0. The van der Waals surface area contributed by atoms with Crippen molar-refractivity contribution >= 4 is 16.6 Å². The molecule has 1 N–H and O–H groups in total. The first-order chi connectivity index (χ1) is 8.02. The number of anilines is 1. The van der Waals surface area contributed by atoms with E-state index in [0.717, 1.165) is 17.6 Å². The van der Waals surface area contributed by atoms with Gasteiger partial charge in [0.25, 0.3) is 0 Å². The minimum atomic E-state index is 0.108. The van der Waals surface area contributed by atoms with E-state index < -0.39 is 0 Å². The molecule has 0 aliphatic rings. The highest BCUT2D eigenvalue weighted by Crippen LogP contribution is 2.26. The van der Waals surface area contributed by atoms with E-state index >= 15 is 0 Å². The molecule has 0 bridgehead atoms. The molecule has 2 rings (SSSR count). The van der Waals surface area contributed by atoms with Crippen LogP contribution in [0, 0.1) is 6.92 Å². The van der Waals surface area contributed by atoms with E-state index in [9.17, 15) is 0 Å². The molecule has 17 heavy (non-hydrogen) atoms. The third kappa shape index (κ3) is 2.57.